The van der Waals surface area contributed by atoms with Gasteiger partial charge in [-0.05, 0) is 31.5 Å². The van der Waals surface area contributed by atoms with E-state index in [0.717, 1.165) is 16.7 Å². The van der Waals surface area contributed by atoms with Gasteiger partial charge in [-0.2, -0.15) is 0 Å². The quantitative estimate of drug-likeness (QED) is 0.777. The van der Waals surface area contributed by atoms with Crippen LogP contribution in [0.5, 0.6) is 0 Å². The summed E-state index contributed by atoms with van der Waals surface area (Å²) in [5.74, 6) is 2.07. The first-order valence-corrected chi connectivity index (χ1v) is 7.70. The molecule has 0 saturated heterocycles. The zero-order valence-corrected chi connectivity index (χ0v) is 11.9. The molecule has 0 heterocycles. The van der Waals surface area contributed by atoms with Crippen LogP contribution in [-0.2, 0) is 0 Å². The summed E-state index contributed by atoms with van der Waals surface area (Å²) in [7, 11) is 2.07. The second kappa shape index (κ2) is 6.67. The predicted octanol–water partition coefficient (Wildman–Crippen LogP) is 4.21. The van der Waals surface area contributed by atoms with Crippen molar-refractivity contribution in [2.75, 3.05) is 12.8 Å². The third kappa shape index (κ3) is 3.90. The molecule has 94 valence electrons. The van der Waals surface area contributed by atoms with E-state index in [0.29, 0.717) is 6.04 Å². The van der Waals surface area contributed by atoms with Crippen molar-refractivity contribution < 1.29 is 0 Å². The van der Waals surface area contributed by atoms with Gasteiger partial charge in [-0.25, -0.2) is 0 Å². The summed E-state index contributed by atoms with van der Waals surface area (Å²) in [4.78, 5) is 1.20. The summed E-state index contributed by atoms with van der Waals surface area (Å²) in [5.41, 5.74) is 0. The first-order valence-electron chi connectivity index (χ1n) is 6.34. The van der Waals surface area contributed by atoms with Gasteiger partial charge in [-0.15, -0.1) is 11.8 Å². The van der Waals surface area contributed by atoms with Gasteiger partial charge in [0.1, 0.15) is 0 Å². The maximum absolute atomic E-state index is 6.15. The average Bonchev–Trinajstić information content (AvgIpc) is 2.29. The minimum absolute atomic E-state index is 0.613. The Bertz CT molecular complexity index is 352. The minimum atomic E-state index is 0.613. The van der Waals surface area contributed by atoms with Gasteiger partial charge in [-0.1, -0.05) is 43.0 Å². The van der Waals surface area contributed by atoms with Gasteiger partial charge < -0.3 is 5.32 Å². The summed E-state index contributed by atoms with van der Waals surface area (Å²) < 4.78 is 0. The summed E-state index contributed by atoms with van der Waals surface area (Å²) in [6.07, 6.45) is 5.59. The zero-order chi connectivity index (χ0) is 12.1. The van der Waals surface area contributed by atoms with Gasteiger partial charge in [0.2, 0.25) is 0 Å². The van der Waals surface area contributed by atoms with E-state index in [1.54, 1.807) is 0 Å². The van der Waals surface area contributed by atoms with Crippen LogP contribution >= 0.6 is 23.4 Å². The molecule has 17 heavy (non-hydrogen) atoms. The number of rotatable bonds is 6. The Morgan fingerprint density at radius 1 is 1.41 bits per heavy atom. The highest BCUT2D eigenvalue weighted by atomic mass is 35.5. The Balaban J connectivity index is 1.80. The van der Waals surface area contributed by atoms with Crippen LogP contribution in [0.3, 0.4) is 0 Å². The van der Waals surface area contributed by atoms with E-state index in [2.05, 4.69) is 24.5 Å². The molecule has 0 aromatic heterocycles. The van der Waals surface area contributed by atoms with Gasteiger partial charge in [0, 0.05) is 16.7 Å². The van der Waals surface area contributed by atoms with Gasteiger partial charge in [0.15, 0.2) is 0 Å². The van der Waals surface area contributed by atoms with Crippen LogP contribution in [0.1, 0.15) is 25.7 Å². The second-order valence-corrected chi connectivity index (χ2v) is 6.23. The molecule has 0 bridgehead atoms. The van der Waals surface area contributed by atoms with E-state index in [1.165, 1.54) is 30.6 Å². The Hall–Kier alpha value is -0.180. The molecular weight excluding hydrogens is 250 g/mol. The van der Waals surface area contributed by atoms with Gasteiger partial charge >= 0.3 is 0 Å². The number of hydrogen-bond donors (Lipinski definition) is 1. The van der Waals surface area contributed by atoms with Crippen molar-refractivity contribution in [3.63, 3.8) is 0 Å². The summed E-state index contributed by atoms with van der Waals surface area (Å²) >= 11 is 8.02. The van der Waals surface area contributed by atoms with Crippen molar-refractivity contribution in [1.29, 1.82) is 0 Å². The highest BCUT2D eigenvalue weighted by Gasteiger charge is 2.21. The number of hydrogen-bond acceptors (Lipinski definition) is 2. The molecular formula is C14H20ClNS. The van der Waals surface area contributed by atoms with Crippen molar-refractivity contribution >= 4 is 23.4 Å². The molecule has 1 unspecified atom stereocenters. The third-order valence-electron chi connectivity index (χ3n) is 3.53. The lowest BCUT2D eigenvalue weighted by Crippen LogP contribution is -2.32. The van der Waals surface area contributed by atoms with E-state index in [1.807, 2.05) is 23.9 Å². The predicted molar refractivity (Wildman–Crippen MR) is 77.0 cm³/mol. The van der Waals surface area contributed by atoms with E-state index in [9.17, 15) is 0 Å². The summed E-state index contributed by atoms with van der Waals surface area (Å²) in [6, 6.07) is 8.71. The highest BCUT2D eigenvalue weighted by molar-refractivity contribution is 7.99. The molecule has 3 heteroatoms. The van der Waals surface area contributed by atoms with Crippen LogP contribution in [0.4, 0.5) is 0 Å². The smallest absolute Gasteiger partial charge is 0.0541 e. The first kappa shape index (κ1) is 13.3. The first-order chi connectivity index (χ1) is 8.29. The van der Waals surface area contributed by atoms with Crippen molar-refractivity contribution in [3.8, 4) is 0 Å². The fraction of sp³-hybridized carbons (Fsp3) is 0.571. The normalized spacial score (nSPS) is 17.8. The average molecular weight is 270 g/mol. The Labute approximate surface area is 113 Å². The van der Waals surface area contributed by atoms with Gasteiger partial charge in [0.25, 0.3) is 0 Å². The zero-order valence-electron chi connectivity index (χ0n) is 10.3. The van der Waals surface area contributed by atoms with E-state index >= 15 is 0 Å². The second-order valence-electron chi connectivity index (χ2n) is 4.76. The lowest BCUT2D eigenvalue weighted by atomic mass is 9.81. The number of nitrogens with one attached hydrogen (secondary N) is 1. The molecule has 0 aliphatic heterocycles. The molecule has 1 aromatic rings. The van der Waals surface area contributed by atoms with Crippen LogP contribution in [0.2, 0.25) is 5.02 Å². The number of benzene rings is 1. The van der Waals surface area contributed by atoms with E-state index in [-0.39, 0.29) is 0 Å². The molecule has 1 nitrogen and oxygen atoms in total. The molecule has 1 atom stereocenters. The molecule has 1 aromatic carbocycles. The number of thioether (sulfide) groups is 1. The number of halogens is 1. The molecule has 0 amide bonds. The molecule has 2 rings (SSSR count). The van der Waals surface area contributed by atoms with Crippen molar-refractivity contribution in [3.05, 3.63) is 29.3 Å². The van der Waals surface area contributed by atoms with Crippen molar-refractivity contribution in [2.45, 2.75) is 36.6 Å². The summed E-state index contributed by atoms with van der Waals surface area (Å²) in [5, 5.41) is 4.30. The maximum atomic E-state index is 6.15. The largest absolute Gasteiger partial charge is 0.316 e. The molecule has 1 fully saturated rings. The topological polar surface area (TPSA) is 12.0 Å². The minimum Gasteiger partial charge on any atom is -0.316 e. The SMILES string of the molecule is CNC(CSc1ccccc1Cl)CC1CCC1. The fourth-order valence-corrected chi connectivity index (χ4v) is 3.52. The fourth-order valence-electron chi connectivity index (χ4n) is 2.15. The van der Waals surface area contributed by atoms with E-state index < -0.39 is 0 Å². The van der Waals surface area contributed by atoms with E-state index in [4.69, 9.17) is 11.6 Å². The van der Waals surface area contributed by atoms with Gasteiger partial charge in [-0.3, -0.25) is 0 Å². The molecule has 0 radical (unpaired) electrons. The van der Waals surface area contributed by atoms with Crippen molar-refractivity contribution in [1.82, 2.24) is 5.32 Å². The molecule has 0 spiro atoms. The standard InChI is InChI=1S/C14H20ClNS/c1-16-12(9-11-5-4-6-11)10-17-14-8-3-2-7-13(14)15/h2-3,7-8,11-12,16H,4-6,9-10H2,1H3. The Morgan fingerprint density at radius 2 is 2.18 bits per heavy atom. The maximum Gasteiger partial charge on any atom is 0.0541 e. The highest BCUT2D eigenvalue weighted by Crippen LogP contribution is 2.32. The molecule has 1 aliphatic rings. The Kier molecular flexibility index (Phi) is 5.20. The van der Waals surface area contributed by atoms with Crippen LogP contribution in [0.25, 0.3) is 0 Å². The Morgan fingerprint density at radius 3 is 2.76 bits per heavy atom. The molecule has 1 aliphatic carbocycles. The van der Waals surface area contributed by atoms with Crippen LogP contribution in [0, 0.1) is 5.92 Å². The third-order valence-corrected chi connectivity index (χ3v) is 5.21. The molecule has 1 N–H and O–H groups in total. The van der Waals surface area contributed by atoms with Crippen LogP contribution in [-0.4, -0.2) is 18.8 Å². The lowest BCUT2D eigenvalue weighted by Gasteiger charge is -2.29. The monoisotopic (exact) mass is 269 g/mol. The molecule has 1 saturated carbocycles. The van der Waals surface area contributed by atoms with Crippen molar-refractivity contribution in [2.24, 2.45) is 5.92 Å². The summed E-state index contributed by atoms with van der Waals surface area (Å²) in [6.45, 7) is 0. The lowest BCUT2D eigenvalue weighted by molar-refractivity contribution is 0.272. The van der Waals surface area contributed by atoms with Gasteiger partial charge in [0.05, 0.1) is 5.02 Å². The van der Waals surface area contributed by atoms with Crippen LogP contribution in [0.15, 0.2) is 29.2 Å². The van der Waals surface area contributed by atoms with Crippen LogP contribution < -0.4 is 5.32 Å².